The fourth-order valence-corrected chi connectivity index (χ4v) is 3.16. The van der Waals surface area contributed by atoms with Crippen molar-refractivity contribution in [1.82, 2.24) is 0 Å². The van der Waals surface area contributed by atoms with Crippen molar-refractivity contribution >= 4 is 27.3 Å². The molecule has 0 bridgehead atoms. The van der Waals surface area contributed by atoms with Crippen molar-refractivity contribution in [3.8, 4) is 6.07 Å². The van der Waals surface area contributed by atoms with Gasteiger partial charge in [0.1, 0.15) is 5.82 Å². The molecule has 0 amide bonds. The van der Waals surface area contributed by atoms with Gasteiger partial charge in [-0.15, -0.1) is 0 Å². The van der Waals surface area contributed by atoms with E-state index < -0.39 is 0 Å². The second-order valence-electron chi connectivity index (χ2n) is 5.46. The molecular formula is C18H15BrFN3. The van der Waals surface area contributed by atoms with Crippen molar-refractivity contribution in [3.63, 3.8) is 0 Å². The largest absolute Gasteiger partial charge is 0.368 e. The Morgan fingerprint density at radius 1 is 1.30 bits per heavy atom. The fourth-order valence-electron chi connectivity index (χ4n) is 2.80. The van der Waals surface area contributed by atoms with Crippen LogP contribution in [0.3, 0.4) is 0 Å². The van der Waals surface area contributed by atoms with Gasteiger partial charge in [0, 0.05) is 28.3 Å². The quantitative estimate of drug-likeness (QED) is 0.794. The van der Waals surface area contributed by atoms with Crippen LogP contribution in [0.4, 0.5) is 10.1 Å². The van der Waals surface area contributed by atoms with E-state index in [-0.39, 0.29) is 11.9 Å². The van der Waals surface area contributed by atoms with Gasteiger partial charge < -0.3 is 4.90 Å². The number of hydrogen-bond donors (Lipinski definition) is 0. The topological polar surface area (TPSA) is 39.4 Å². The van der Waals surface area contributed by atoms with Crippen LogP contribution in [0.25, 0.3) is 0 Å². The molecule has 116 valence electrons. The van der Waals surface area contributed by atoms with Crippen LogP contribution in [0, 0.1) is 17.1 Å². The van der Waals surface area contributed by atoms with E-state index in [1.54, 1.807) is 18.2 Å². The summed E-state index contributed by atoms with van der Waals surface area (Å²) in [5, 5.41) is 9.05. The summed E-state index contributed by atoms with van der Waals surface area (Å²) in [4.78, 5) is 6.71. The first kappa shape index (κ1) is 15.7. The van der Waals surface area contributed by atoms with E-state index in [1.165, 1.54) is 6.07 Å². The van der Waals surface area contributed by atoms with Crippen LogP contribution in [0.5, 0.6) is 0 Å². The molecular weight excluding hydrogens is 357 g/mol. The van der Waals surface area contributed by atoms with E-state index in [0.717, 1.165) is 15.7 Å². The maximum atomic E-state index is 14.3. The average Bonchev–Trinajstić information content (AvgIpc) is 2.67. The molecule has 23 heavy (non-hydrogen) atoms. The summed E-state index contributed by atoms with van der Waals surface area (Å²) < 4.78 is 15.2. The van der Waals surface area contributed by atoms with Gasteiger partial charge in [-0.2, -0.15) is 5.26 Å². The molecule has 0 N–H and O–H groups in total. The van der Waals surface area contributed by atoms with Crippen LogP contribution < -0.4 is 4.90 Å². The van der Waals surface area contributed by atoms with E-state index in [9.17, 15) is 4.39 Å². The third kappa shape index (κ3) is 2.99. The second kappa shape index (κ2) is 6.51. The summed E-state index contributed by atoms with van der Waals surface area (Å²) in [6.07, 6.45) is 0.375. The Hall–Kier alpha value is -2.19. The van der Waals surface area contributed by atoms with Gasteiger partial charge in [0.15, 0.2) is 0 Å². The molecule has 3 nitrogen and oxygen atoms in total. The Morgan fingerprint density at radius 2 is 2.09 bits per heavy atom. The first-order valence-corrected chi connectivity index (χ1v) is 8.10. The summed E-state index contributed by atoms with van der Waals surface area (Å²) in [7, 11) is 1.95. The van der Waals surface area contributed by atoms with E-state index in [1.807, 2.05) is 25.2 Å². The highest BCUT2D eigenvalue weighted by Crippen LogP contribution is 2.31. The van der Waals surface area contributed by atoms with Gasteiger partial charge in [0.25, 0.3) is 0 Å². The van der Waals surface area contributed by atoms with Crippen LogP contribution in [0.2, 0.25) is 0 Å². The number of nitriles is 1. The molecule has 0 aromatic heterocycles. The predicted octanol–water partition coefficient (Wildman–Crippen LogP) is 4.16. The summed E-state index contributed by atoms with van der Waals surface area (Å²) in [6, 6.07) is 14.7. The van der Waals surface area contributed by atoms with Crippen molar-refractivity contribution in [3.05, 3.63) is 63.9 Å². The SMILES string of the molecule is CN1c2ccc(Br)cc2C(c2ccccc2F)=NCC1CC#N. The van der Waals surface area contributed by atoms with Crippen molar-refractivity contribution < 1.29 is 4.39 Å². The number of likely N-dealkylation sites (N-methyl/N-ethyl adjacent to an activating group) is 1. The number of halogens is 2. The Labute approximate surface area is 143 Å². The van der Waals surface area contributed by atoms with Gasteiger partial charge in [0.2, 0.25) is 0 Å². The highest BCUT2D eigenvalue weighted by molar-refractivity contribution is 9.10. The van der Waals surface area contributed by atoms with E-state index in [2.05, 4.69) is 31.9 Å². The Bertz CT molecular complexity index is 810. The molecule has 5 heteroatoms. The molecule has 2 aromatic rings. The highest BCUT2D eigenvalue weighted by Gasteiger charge is 2.25. The lowest BCUT2D eigenvalue weighted by Gasteiger charge is -2.27. The van der Waals surface area contributed by atoms with E-state index >= 15 is 0 Å². The van der Waals surface area contributed by atoms with Crippen molar-refractivity contribution in [2.75, 3.05) is 18.5 Å². The maximum Gasteiger partial charge on any atom is 0.132 e. The van der Waals surface area contributed by atoms with Crippen LogP contribution in [0.1, 0.15) is 17.5 Å². The summed E-state index contributed by atoms with van der Waals surface area (Å²) >= 11 is 3.48. The minimum absolute atomic E-state index is 0.0239. The zero-order valence-corrected chi connectivity index (χ0v) is 14.2. The highest BCUT2D eigenvalue weighted by atomic mass is 79.9. The van der Waals surface area contributed by atoms with Crippen LogP contribution in [-0.4, -0.2) is 25.3 Å². The first-order chi connectivity index (χ1) is 11.1. The Kier molecular flexibility index (Phi) is 4.44. The van der Waals surface area contributed by atoms with Gasteiger partial charge in [-0.25, -0.2) is 4.39 Å². The number of anilines is 1. The third-order valence-corrected chi connectivity index (χ3v) is 4.55. The molecule has 1 unspecified atom stereocenters. The average molecular weight is 372 g/mol. The molecule has 3 rings (SSSR count). The number of fused-ring (bicyclic) bond motifs is 1. The summed E-state index contributed by atoms with van der Waals surface area (Å²) in [6.45, 7) is 0.458. The van der Waals surface area contributed by atoms with Crippen molar-refractivity contribution in [2.24, 2.45) is 4.99 Å². The molecule has 0 fully saturated rings. The lowest BCUT2D eigenvalue weighted by atomic mass is 10.00. The maximum absolute atomic E-state index is 14.3. The molecule has 1 atom stereocenters. The summed E-state index contributed by atoms with van der Waals surface area (Å²) in [5.41, 5.74) is 2.94. The number of hydrogen-bond acceptors (Lipinski definition) is 3. The van der Waals surface area contributed by atoms with Crippen molar-refractivity contribution in [2.45, 2.75) is 12.5 Å². The molecule has 2 aromatic carbocycles. The van der Waals surface area contributed by atoms with Crippen molar-refractivity contribution in [1.29, 1.82) is 5.26 Å². The lowest BCUT2D eigenvalue weighted by Crippen LogP contribution is -2.33. The Balaban J connectivity index is 2.20. The molecule has 0 aliphatic carbocycles. The lowest BCUT2D eigenvalue weighted by molar-refractivity contribution is 0.625. The third-order valence-electron chi connectivity index (χ3n) is 4.06. The van der Waals surface area contributed by atoms with Crippen LogP contribution >= 0.6 is 15.9 Å². The van der Waals surface area contributed by atoms with Gasteiger partial charge >= 0.3 is 0 Å². The van der Waals surface area contributed by atoms with Gasteiger partial charge in [-0.05, 0) is 30.3 Å². The number of rotatable bonds is 2. The minimum Gasteiger partial charge on any atom is -0.368 e. The molecule has 0 saturated heterocycles. The number of nitrogens with zero attached hydrogens (tertiary/aromatic N) is 3. The molecule has 0 saturated carbocycles. The van der Waals surface area contributed by atoms with Crippen LogP contribution in [0.15, 0.2) is 51.9 Å². The minimum atomic E-state index is -0.293. The smallest absolute Gasteiger partial charge is 0.132 e. The molecule has 0 radical (unpaired) electrons. The molecule has 0 spiro atoms. The Morgan fingerprint density at radius 3 is 2.83 bits per heavy atom. The molecule has 1 heterocycles. The van der Waals surface area contributed by atoms with Gasteiger partial charge in [-0.1, -0.05) is 28.1 Å². The number of benzodiazepines with no additional fused rings is 1. The molecule has 1 aliphatic heterocycles. The van der Waals surface area contributed by atoms with E-state index in [4.69, 9.17) is 5.26 Å². The zero-order valence-electron chi connectivity index (χ0n) is 12.6. The second-order valence-corrected chi connectivity index (χ2v) is 6.37. The zero-order chi connectivity index (χ0) is 16.4. The predicted molar refractivity (Wildman–Crippen MR) is 93.5 cm³/mol. The normalized spacial score (nSPS) is 17.0. The monoisotopic (exact) mass is 371 g/mol. The molecule has 1 aliphatic rings. The van der Waals surface area contributed by atoms with Gasteiger partial charge in [0.05, 0.1) is 30.8 Å². The standard InChI is InChI=1S/C18H15BrFN3/c1-23-13(8-9-21)11-22-18(14-4-2-3-5-16(14)20)15-10-12(19)6-7-17(15)23/h2-7,10,13H,8,11H2,1H3. The number of benzene rings is 2. The van der Waals surface area contributed by atoms with Crippen LogP contribution in [-0.2, 0) is 0 Å². The van der Waals surface area contributed by atoms with Gasteiger partial charge in [-0.3, -0.25) is 4.99 Å². The summed E-state index contributed by atoms with van der Waals surface area (Å²) in [5.74, 6) is -0.293. The number of aliphatic imine (C=N–C) groups is 1. The fraction of sp³-hybridized carbons (Fsp3) is 0.222. The first-order valence-electron chi connectivity index (χ1n) is 7.31. The van der Waals surface area contributed by atoms with E-state index in [0.29, 0.717) is 24.2 Å².